The van der Waals surface area contributed by atoms with Crippen LogP contribution in [0, 0.1) is 5.82 Å². The monoisotopic (exact) mass is 344 g/mol. The van der Waals surface area contributed by atoms with Gasteiger partial charge in [-0.15, -0.1) is 0 Å². The average Bonchev–Trinajstić information content (AvgIpc) is 3.05. The summed E-state index contributed by atoms with van der Waals surface area (Å²) >= 11 is 0. The Bertz CT molecular complexity index is 951. The third-order valence-corrected chi connectivity index (χ3v) is 4.47. The molecule has 0 saturated heterocycles. The van der Waals surface area contributed by atoms with Crippen molar-refractivity contribution in [3.05, 3.63) is 72.2 Å². The molecule has 0 saturated carbocycles. The maximum Gasteiger partial charge on any atom is 0.276 e. The van der Waals surface area contributed by atoms with Crippen molar-refractivity contribution in [2.45, 2.75) is 4.90 Å². The summed E-state index contributed by atoms with van der Waals surface area (Å²) < 4.78 is 37.1. The summed E-state index contributed by atoms with van der Waals surface area (Å²) in [6.07, 6.45) is 2.84. The van der Waals surface area contributed by atoms with Gasteiger partial charge in [0.05, 0.1) is 23.0 Å². The Balaban J connectivity index is 1.79. The molecule has 0 amide bonds. The van der Waals surface area contributed by atoms with Crippen molar-refractivity contribution in [1.82, 2.24) is 15.0 Å². The molecule has 0 fully saturated rings. The highest BCUT2D eigenvalue weighted by molar-refractivity contribution is 7.89. The number of halogens is 1. The van der Waals surface area contributed by atoms with E-state index in [-0.39, 0.29) is 10.7 Å². The lowest BCUT2D eigenvalue weighted by Crippen LogP contribution is -2.18. The topological polar surface area (TPSA) is 87.2 Å². The number of hydrogen-bond acceptors (Lipinski definition) is 4. The van der Waals surface area contributed by atoms with Crippen molar-refractivity contribution >= 4 is 16.2 Å². The number of aromatic nitrogens is 2. The van der Waals surface area contributed by atoms with E-state index >= 15 is 0 Å². The highest BCUT2D eigenvalue weighted by Crippen LogP contribution is 2.20. The van der Waals surface area contributed by atoms with Crippen LogP contribution in [0.2, 0.25) is 0 Å². The Hall–Kier alpha value is -3.00. The molecule has 0 aliphatic rings. The van der Waals surface area contributed by atoms with E-state index in [4.69, 9.17) is 0 Å². The van der Waals surface area contributed by atoms with Crippen molar-refractivity contribution in [1.29, 1.82) is 0 Å². The van der Waals surface area contributed by atoms with E-state index in [1.54, 1.807) is 30.3 Å². The molecule has 0 bridgehead atoms. The Morgan fingerprint density at radius 2 is 1.79 bits per heavy atom. The molecule has 1 aromatic heterocycles. The average molecular weight is 344 g/mol. The molecule has 0 aliphatic carbocycles. The van der Waals surface area contributed by atoms with Gasteiger partial charge in [0.15, 0.2) is 0 Å². The second-order valence-electron chi connectivity index (χ2n) is 4.87. The van der Waals surface area contributed by atoms with Crippen LogP contribution in [0.3, 0.4) is 0 Å². The first-order valence-electron chi connectivity index (χ1n) is 6.95. The number of nitrogens with zero attached hydrogens (tertiary/aromatic N) is 2. The van der Waals surface area contributed by atoms with Crippen LogP contribution >= 0.6 is 0 Å². The van der Waals surface area contributed by atoms with Gasteiger partial charge in [-0.2, -0.15) is 18.6 Å². The lowest BCUT2D eigenvalue weighted by atomic mass is 10.1. The molecule has 3 rings (SSSR count). The highest BCUT2D eigenvalue weighted by Gasteiger charge is 2.11. The molecule has 0 spiro atoms. The number of sulfonamides is 1. The molecule has 122 valence electrons. The number of benzene rings is 2. The third-order valence-electron chi connectivity index (χ3n) is 3.23. The first kappa shape index (κ1) is 15.9. The molecule has 0 unspecified atom stereocenters. The van der Waals surface area contributed by atoms with Gasteiger partial charge in [0, 0.05) is 11.1 Å². The maximum atomic E-state index is 13.0. The molecule has 3 aromatic rings. The van der Waals surface area contributed by atoms with Crippen LogP contribution in [0.25, 0.3) is 11.3 Å². The van der Waals surface area contributed by atoms with E-state index in [1.807, 2.05) is 0 Å². The second-order valence-corrected chi connectivity index (χ2v) is 6.53. The molecule has 8 heteroatoms. The Morgan fingerprint density at radius 1 is 1.08 bits per heavy atom. The van der Waals surface area contributed by atoms with E-state index in [1.165, 1.54) is 36.7 Å². The number of hydrazone groups is 1. The van der Waals surface area contributed by atoms with E-state index in [0.29, 0.717) is 16.8 Å². The normalized spacial score (nSPS) is 11.7. The van der Waals surface area contributed by atoms with E-state index < -0.39 is 10.0 Å². The number of rotatable bonds is 5. The molecule has 6 nitrogen and oxygen atoms in total. The van der Waals surface area contributed by atoms with Gasteiger partial charge in [0.25, 0.3) is 10.0 Å². The van der Waals surface area contributed by atoms with Crippen LogP contribution in [-0.2, 0) is 10.0 Å². The van der Waals surface area contributed by atoms with Gasteiger partial charge in [0.1, 0.15) is 5.82 Å². The summed E-state index contributed by atoms with van der Waals surface area (Å²) in [6, 6.07) is 13.8. The molecular weight excluding hydrogens is 331 g/mol. The van der Waals surface area contributed by atoms with Crippen molar-refractivity contribution in [3.8, 4) is 11.3 Å². The fourth-order valence-corrected chi connectivity index (χ4v) is 2.87. The van der Waals surface area contributed by atoms with Crippen LogP contribution in [-0.4, -0.2) is 24.8 Å². The Morgan fingerprint density at radius 3 is 2.50 bits per heavy atom. The van der Waals surface area contributed by atoms with E-state index in [9.17, 15) is 12.8 Å². The van der Waals surface area contributed by atoms with Crippen LogP contribution < -0.4 is 4.83 Å². The van der Waals surface area contributed by atoms with Crippen molar-refractivity contribution < 1.29 is 12.8 Å². The summed E-state index contributed by atoms with van der Waals surface area (Å²) in [7, 11) is -3.72. The van der Waals surface area contributed by atoms with Crippen molar-refractivity contribution in [2.75, 3.05) is 0 Å². The van der Waals surface area contributed by atoms with Crippen molar-refractivity contribution in [2.24, 2.45) is 5.10 Å². The van der Waals surface area contributed by atoms with Crippen LogP contribution in [0.15, 0.2) is 70.8 Å². The fraction of sp³-hybridized carbons (Fsp3) is 0. The largest absolute Gasteiger partial charge is 0.277 e. The minimum atomic E-state index is -3.72. The SMILES string of the molecule is O=S(=O)(N/N=C/c1cn[nH]c1-c1ccc(F)cc1)c1ccccc1. The quantitative estimate of drug-likeness (QED) is 0.551. The van der Waals surface area contributed by atoms with Gasteiger partial charge >= 0.3 is 0 Å². The number of hydrogen-bond donors (Lipinski definition) is 2. The number of aromatic amines is 1. The van der Waals surface area contributed by atoms with Crippen LogP contribution in [0.4, 0.5) is 4.39 Å². The van der Waals surface area contributed by atoms with Crippen molar-refractivity contribution in [3.63, 3.8) is 0 Å². The Labute approximate surface area is 138 Å². The van der Waals surface area contributed by atoms with Gasteiger partial charge in [-0.3, -0.25) is 5.10 Å². The third kappa shape index (κ3) is 3.49. The van der Waals surface area contributed by atoms with Gasteiger partial charge in [-0.1, -0.05) is 18.2 Å². The zero-order valence-corrected chi connectivity index (χ0v) is 13.2. The lowest BCUT2D eigenvalue weighted by Gasteiger charge is -2.03. The molecule has 0 atom stereocenters. The smallest absolute Gasteiger partial charge is 0.276 e. The van der Waals surface area contributed by atoms with E-state index in [0.717, 1.165) is 0 Å². The van der Waals surface area contributed by atoms with Gasteiger partial charge in [-0.05, 0) is 36.4 Å². The van der Waals surface area contributed by atoms with Crippen LogP contribution in [0.1, 0.15) is 5.56 Å². The summed E-state index contributed by atoms with van der Waals surface area (Å²) in [5.74, 6) is -0.343. The lowest BCUT2D eigenvalue weighted by molar-refractivity contribution is 0.584. The number of nitrogens with one attached hydrogen (secondary N) is 2. The molecule has 0 radical (unpaired) electrons. The highest BCUT2D eigenvalue weighted by atomic mass is 32.2. The van der Waals surface area contributed by atoms with Gasteiger partial charge < -0.3 is 0 Å². The minimum absolute atomic E-state index is 0.119. The van der Waals surface area contributed by atoms with E-state index in [2.05, 4.69) is 20.1 Å². The maximum absolute atomic E-state index is 13.0. The number of H-pyrrole nitrogens is 1. The van der Waals surface area contributed by atoms with Crippen LogP contribution in [0.5, 0.6) is 0 Å². The zero-order chi connectivity index (χ0) is 17.0. The minimum Gasteiger partial charge on any atom is -0.277 e. The molecular formula is C16H13FN4O2S. The molecule has 0 aliphatic heterocycles. The Kier molecular flexibility index (Phi) is 4.39. The zero-order valence-electron chi connectivity index (χ0n) is 12.3. The van der Waals surface area contributed by atoms with Gasteiger partial charge in [-0.25, -0.2) is 9.22 Å². The fourth-order valence-electron chi connectivity index (χ4n) is 2.06. The molecule has 24 heavy (non-hydrogen) atoms. The molecule has 2 aromatic carbocycles. The predicted molar refractivity (Wildman–Crippen MR) is 88.3 cm³/mol. The summed E-state index contributed by atoms with van der Waals surface area (Å²) in [5.41, 5.74) is 1.89. The second kappa shape index (κ2) is 6.63. The molecule has 1 heterocycles. The standard InChI is InChI=1S/C16H13FN4O2S/c17-14-8-6-12(7-9-14)16-13(10-18-20-16)11-19-21-24(22,23)15-4-2-1-3-5-15/h1-11,21H,(H,18,20)/b19-11+. The summed E-state index contributed by atoms with van der Waals surface area (Å²) in [5, 5.41) is 10.5. The molecule has 2 N–H and O–H groups in total. The predicted octanol–water partition coefficient (Wildman–Crippen LogP) is 2.53. The first-order valence-corrected chi connectivity index (χ1v) is 8.44. The van der Waals surface area contributed by atoms with Gasteiger partial charge in [0.2, 0.25) is 0 Å². The summed E-state index contributed by atoms with van der Waals surface area (Å²) in [6.45, 7) is 0. The first-order chi connectivity index (χ1) is 11.6. The summed E-state index contributed by atoms with van der Waals surface area (Å²) in [4.78, 5) is 2.26.